The lowest BCUT2D eigenvalue weighted by atomic mass is 10.1. The molecule has 1 fully saturated rings. The van der Waals surface area contributed by atoms with Crippen LogP contribution >= 0.6 is 11.6 Å². The molecule has 0 bridgehead atoms. The summed E-state index contributed by atoms with van der Waals surface area (Å²) in [4.78, 5) is 19.2. The highest BCUT2D eigenvalue weighted by atomic mass is 35.5. The van der Waals surface area contributed by atoms with E-state index in [1.165, 1.54) is 24.3 Å². The van der Waals surface area contributed by atoms with Crippen molar-refractivity contribution < 1.29 is 19.9 Å². The van der Waals surface area contributed by atoms with E-state index in [1.54, 1.807) is 4.90 Å². The second kappa shape index (κ2) is 9.94. The Hall–Kier alpha value is -3.55. The summed E-state index contributed by atoms with van der Waals surface area (Å²) in [5, 5.41) is 23.3. The van der Waals surface area contributed by atoms with E-state index in [4.69, 9.17) is 21.7 Å². The van der Waals surface area contributed by atoms with Gasteiger partial charge >= 0.3 is 5.97 Å². The number of halogens is 1. The number of hydrogen-bond acceptors (Lipinski definition) is 5. The van der Waals surface area contributed by atoms with Gasteiger partial charge in [-0.1, -0.05) is 47.7 Å². The number of fused-ring (bicyclic) bond motifs is 2. The zero-order valence-electron chi connectivity index (χ0n) is 18.2. The summed E-state index contributed by atoms with van der Waals surface area (Å²) in [6.07, 6.45) is 0. The van der Waals surface area contributed by atoms with Crippen molar-refractivity contribution in [1.82, 2.24) is 4.90 Å². The lowest BCUT2D eigenvalue weighted by Crippen LogP contribution is -3.12. The van der Waals surface area contributed by atoms with Crippen LogP contribution in [0.1, 0.15) is 15.9 Å². The second-order valence-corrected chi connectivity index (χ2v) is 8.45. The summed E-state index contributed by atoms with van der Waals surface area (Å²) in [5.74, 6) is -0.581. The van der Waals surface area contributed by atoms with Gasteiger partial charge in [0.2, 0.25) is 0 Å². The summed E-state index contributed by atoms with van der Waals surface area (Å²) >= 11 is 6.18. The lowest BCUT2D eigenvalue weighted by Gasteiger charge is -2.32. The average molecular weight is 465 g/mol. The molecule has 3 aromatic carbocycles. The topological polar surface area (TPSA) is 92.4 Å². The predicted molar refractivity (Wildman–Crippen MR) is 128 cm³/mol. The number of nitrogens with one attached hydrogen (secondary N) is 2. The molecule has 170 valence electrons. The van der Waals surface area contributed by atoms with Crippen molar-refractivity contribution in [3.8, 4) is 5.75 Å². The van der Waals surface area contributed by atoms with Gasteiger partial charge in [0.15, 0.2) is 0 Å². The smallest absolute Gasteiger partial charge is 0.335 e. The first-order valence-corrected chi connectivity index (χ1v) is 11.1. The van der Waals surface area contributed by atoms with Crippen molar-refractivity contribution in [2.45, 2.75) is 0 Å². The van der Waals surface area contributed by atoms with Crippen LogP contribution < -0.4 is 15.3 Å². The number of carboxylic acids is 1. The minimum Gasteiger partial charge on any atom is -0.872 e. The number of carboxylic acid groups (broad SMARTS) is 1. The van der Waals surface area contributed by atoms with Crippen LogP contribution in [0, 0.1) is 0 Å². The number of benzene rings is 3. The molecule has 2 aliphatic rings. The highest BCUT2D eigenvalue weighted by Gasteiger charge is 2.25. The highest BCUT2D eigenvalue weighted by Crippen LogP contribution is 2.36. The van der Waals surface area contributed by atoms with Crippen LogP contribution in [0.25, 0.3) is 0 Å². The number of piperazine rings is 1. The normalized spacial score (nSPS) is 15.1. The van der Waals surface area contributed by atoms with Gasteiger partial charge in [-0.25, -0.2) is 9.79 Å². The first-order valence-electron chi connectivity index (χ1n) is 10.7. The summed E-state index contributed by atoms with van der Waals surface area (Å²) < 4.78 is 0. The number of amidine groups is 1. The molecule has 3 aromatic rings. The van der Waals surface area contributed by atoms with Crippen LogP contribution in [0.3, 0.4) is 0 Å². The molecular weight excluding hydrogens is 440 g/mol. The van der Waals surface area contributed by atoms with Gasteiger partial charge in [0.25, 0.3) is 0 Å². The van der Waals surface area contributed by atoms with E-state index in [0.29, 0.717) is 5.02 Å². The third-order valence-corrected chi connectivity index (χ3v) is 5.89. The molecule has 2 aliphatic heterocycles. The Bertz CT molecular complexity index is 1190. The number of aromatic carboxylic acids is 1. The first kappa shape index (κ1) is 22.6. The fraction of sp³-hybridized carbons (Fsp3) is 0.200. The van der Waals surface area contributed by atoms with Gasteiger partial charge < -0.3 is 25.3 Å². The van der Waals surface area contributed by atoms with Crippen LogP contribution in [0.4, 0.5) is 17.1 Å². The Labute approximate surface area is 197 Å². The van der Waals surface area contributed by atoms with Crippen molar-refractivity contribution in [1.29, 1.82) is 0 Å². The predicted octanol–water partition coefficient (Wildman–Crippen LogP) is 2.76. The number of nitrogens with zero attached hydrogens (tertiary/aromatic N) is 2. The van der Waals surface area contributed by atoms with Crippen molar-refractivity contribution in [2.75, 3.05) is 38.5 Å². The summed E-state index contributed by atoms with van der Waals surface area (Å²) in [5.41, 5.74) is 3.96. The molecule has 2 heterocycles. The summed E-state index contributed by atoms with van der Waals surface area (Å²) in [6, 6.07) is 19.7. The minimum atomic E-state index is -1.18. The molecule has 3 N–H and O–H groups in total. The van der Waals surface area contributed by atoms with Gasteiger partial charge in [0.1, 0.15) is 5.84 Å². The summed E-state index contributed by atoms with van der Waals surface area (Å²) in [7, 11) is 2.25. The Kier molecular flexibility index (Phi) is 6.82. The van der Waals surface area contributed by atoms with E-state index < -0.39 is 11.7 Å². The maximum Gasteiger partial charge on any atom is 0.335 e. The molecule has 7 nitrogen and oxygen atoms in total. The van der Waals surface area contributed by atoms with Gasteiger partial charge in [-0.3, -0.25) is 0 Å². The first-order chi connectivity index (χ1) is 15.9. The lowest BCUT2D eigenvalue weighted by molar-refractivity contribution is -0.883. The Morgan fingerprint density at radius 1 is 1.06 bits per heavy atom. The number of aliphatic imine (C=N–C) groups is 1. The zero-order valence-corrected chi connectivity index (χ0v) is 19.0. The van der Waals surface area contributed by atoms with Crippen LogP contribution in [0.2, 0.25) is 5.02 Å². The molecule has 0 atom stereocenters. The second-order valence-electron chi connectivity index (χ2n) is 8.01. The van der Waals surface area contributed by atoms with Crippen molar-refractivity contribution in [2.24, 2.45) is 4.99 Å². The molecule has 0 saturated carbocycles. The van der Waals surface area contributed by atoms with E-state index in [2.05, 4.69) is 41.5 Å². The quantitative estimate of drug-likeness (QED) is 0.515. The van der Waals surface area contributed by atoms with Crippen LogP contribution in [-0.2, 0) is 0 Å². The molecule has 8 heteroatoms. The van der Waals surface area contributed by atoms with Crippen LogP contribution in [-0.4, -0.2) is 55.0 Å². The summed E-state index contributed by atoms with van der Waals surface area (Å²) in [6.45, 7) is 4.32. The molecule has 0 radical (unpaired) electrons. The number of hydrogen-bond donors (Lipinski definition) is 3. The van der Waals surface area contributed by atoms with E-state index in [-0.39, 0.29) is 5.56 Å². The number of likely N-dealkylation sites (N-methyl/N-ethyl adjacent to an activating group) is 1. The van der Waals surface area contributed by atoms with Gasteiger partial charge in [-0.05, 0) is 36.4 Å². The van der Waals surface area contributed by atoms with Crippen LogP contribution in [0.15, 0.2) is 71.7 Å². The standard InChI is InChI=1S/C18H19ClN4.C7H6O3/c1-22-8-10-23(11-9-22)18-14-4-2-3-5-15(14)20-16-7-6-13(19)12-17(16)21-18;8-6-4-2-1-3-5(6)7(9)10/h2-7,12,20H,8-11H2,1H3;1-4,8H,(H,9,10). The van der Waals surface area contributed by atoms with E-state index in [9.17, 15) is 9.90 Å². The number of anilines is 2. The zero-order chi connectivity index (χ0) is 23.4. The number of carbonyl (C=O) groups is 1. The van der Waals surface area contributed by atoms with Crippen LogP contribution in [0.5, 0.6) is 5.75 Å². The van der Waals surface area contributed by atoms with Gasteiger partial charge in [-0.15, -0.1) is 0 Å². The monoisotopic (exact) mass is 464 g/mol. The molecule has 0 spiro atoms. The SMILES string of the molecule is C[NH+]1CCN(C2=Nc3cc(Cl)ccc3Nc3ccccc32)CC1.O=C(O)c1ccccc1[O-]. The molecule has 0 unspecified atom stereocenters. The van der Waals surface area contributed by atoms with E-state index >= 15 is 0 Å². The molecule has 1 saturated heterocycles. The average Bonchev–Trinajstić information content (AvgIpc) is 2.97. The van der Waals surface area contributed by atoms with E-state index in [1.807, 2.05) is 18.2 Å². The van der Waals surface area contributed by atoms with Crippen molar-refractivity contribution in [3.05, 3.63) is 82.9 Å². The number of para-hydroxylation sites is 2. The van der Waals surface area contributed by atoms with Gasteiger partial charge in [0.05, 0.1) is 50.2 Å². The van der Waals surface area contributed by atoms with Crippen molar-refractivity contribution in [3.63, 3.8) is 0 Å². The molecule has 0 aromatic heterocycles. The minimum absolute atomic E-state index is 0.178. The molecule has 5 rings (SSSR count). The Morgan fingerprint density at radius 2 is 1.76 bits per heavy atom. The highest BCUT2D eigenvalue weighted by molar-refractivity contribution is 6.31. The van der Waals surface area contributed by atoms with E-state index in [0.717, 1.165) is 54.6 Å². The van der Waals surface area contributed by atoms with Gasteiger partial charge in [0, 0.05) is 16.3 Å². The molecule has 33 heavy (non-hydrogen) atoms. The van der Waals surface area contributed by atoms with Crippen molar-refractivity contribution >= 4 is 40.5 Å². The fourth-order valence-electron chi connectivity index (χ4n) is 3.79. The number of rotatable bonds is 1. The molecule has 0 amide bonds. The Morgan fingerprint density at radius 3 is 2.45 bits per heavy atom. The molecule has 0 aliphatic carbocycles. The third-order valence-electron chi connectivity index (χ3n) is 5.66. The number of quaternary nitrogens is 1. The van der Waals surface area contributed by atoms with Gasteiger partial charge in [-0.2, -0.15) is 0 Å². The third kappa shape index (κ3) is 5.27. The maximum absolute atomic E-state index is 10.7. The Balaban J connectivity index is 0.000000219. The fourth-order valence-corrected chi connectivity index (χ4v) is 3.96. The largest absolute Gasteiger partial charge is 0.872 e. The maximum atomic E-state index is 10.7. The molecular formula is C25H25ClN4O3.